The van der Waals surface area contributed by atoms with Crippen molar-refractivity contribution < 1.29 is 9.47 Å². The third-order valence-corrected chi connectivity index (χ3v) is 3.88. The SMILES string of the molecule is COc1cccc(OC(C)C)c1Cc1cc2ccccc2nc1N. The zero-order valence-electron chi connectivity index (χ0n) is 14.2. The minimum atomic E-state index is 0.0860. The van der Waals surface area contributed by atoms with Crippen molar-refractivity contribution in [1.82, 2.24) is 4.98 Å². The van der Waals surface area contributed by atoms with Crippen molar-refractivity contribution in [1.29, 1.82) is 0 Å². The van der Waals surface area contributed by atoms with Crippen LogP contribution in [0.1, 0.15) is 25.0 Å². The van der Waals surface area contributed by atoms with E-state index in [-0.39, 0.29) is 6.10 Å². The normalized spacial score (nSPS) is 11.0. The van der Waals surface area contributed by atoms with Crippen LogP contribution in [-0.4, -0.2) is 18.2 Å². The Bertz CT molecular complexity index is 859. The van der Waals surface area contributed by atoms with Crippen LogP contribution in [0.15, 0.2) is 48.5 Å². The summed E-state index contributed by atoms with van der Waals surface area (Å²) in [6.45, 7) is 4.02. The maximum atomic E-state index is 6.18. The van der Waals surface area contributed by atoms with Crippen molar-refractivity contribution in [3.63, 3.8) is 0 Å². The average Bonchev–Trinajstić information content (AvgIpc) is 2.56. The van der Waals surface area contributed by atoms with Gasteiger partial charge in [-0.2, -0.15) is 0 Å². The number of para-hydroxylation sites is 1. The van der Waals surface area contributed by atoms with Gasteiger partial charge in [-0.15, -0.1) is 0 Å². The molecular formula is C20H22N2O2. The van der Waals surface area contributed by atoms with Crippen LogP contribution in [0.2, 0.25) is 0 Å². The smallest absolute Gasteiger partial charge is 0.127 e. The van der Waals surface area contributed by atoms with Crippen LogP contribution in [0.3, 0.4) is 0 Å². The van der Waals surface area contributed by atoms with E-state index >= 15 is 0 Å². The number of ether oxygens (including phenoxy) is 2. The van der Waals surface area contributed by atoms with Gasteiger partial charge in [0.2, 0.25) is 0 Å². The molecule has 0 unspecified atom stereocenters. The van der Waals surface area contributed by atoms with Gasteiger partial charge in [0.15, 0.2) is 0 Å². The van der Waals surface area contributed by atoms with Gasteiger partial charge in [-0.3, -0.25) is 0 Å². The van der Waals surface area contributed by atoms with E-state index in [0.717, 1.165) is 33.5 Å². The largest absolute Gasteiger partial charge is 0.496 e. The van der Waals surface area contributed by atoms with Gasteiger partial charge in [-0.25, -0.2) is 4.98 Å². The quantitative estimate of drug-likeness (QED) is 0.764. The fraction of sp³-hybridized carbons (Fsp3) is 0.250. The Morgan fingerprint density at radius 2 is 1.79 bits per heavy atom. The number of aromatic nitrogens is 1. The molecule has 0 radical (unpaired) electrons. The number of nitrogen functional groups attached to an aromatic ring is 1. The number of anilines is 1. The van der Waals surface area contributed by atoms with E-state index in [1.54, 1.807) is 7.11 Å². The molecule has 0 aliphatic heterocycles. The van der Waals surface area contributed by atoms with E-state index in [1.807, 2.05) is 56.3 Å². The summed E-state index contributed by atoms with van der Waals surface area (Å²) in [5.41, 5.74) is 9.03. The summed E-state index contributed by atoms with van der Waals surface area (Å²) in [4.78, 5) is 4.51. The number of fused-ring (bicyclic) bond motifs is 1. The maximum Gasteiger partial charge on any atom is 0.127 e. The third-order valence-electron chi connectivity index (χ3n) is 3.88. The van der Waals surface area contributed by atoms with E-state index in [9.17, 15) is 0 Å². The molecule has 0 fully saturated rings. The van der Waals surface area contributed by atoms with Crippen LogP contribution in [0.25, 0.3) is 10.9 Å². The monoisotopic (exact) mass is 322 g/mol. The first-order valence-electron chi connectivity index (χ1n) is 8.05. The Morgan fingerprint density at radius 1 is 1.04 bits per heavy atom. The molecule has 1 aromatic heterocycles. The second-order valence-electron chi connectivity index (χ2n) is 6.01. The lowest BCUT2D eigenvalue weighted by Gasteiger charge is -2.17. The van der Waals surface area contributed by atoms with Gasteiger partial charge in [-0.1, -0.05) is 24.3 Å². The predicted octanol–water partition coefficient (Wildman–Crippen LogP) is 4.20. The molecule has 2 N–H and O–H groups in total. The number of pyridine rings is 1. The molecule has 0 bridgehead atoms. The van der Waals surface area contributed by atoms with Crippen molar-refractivity contribution in [2.24, 2.45) is 0 Å². The number of nitrogens with two attached hydrogens (primary N) is 1. The zero-order valence-corrected chi connectivity index (χ0v) is 14.2. The number of hydrogen-bond acceptors (Lipinski definition) is 4. The predicted molar refractivity (Wildman–Crippen MR) is 97.7 cm³/mol. The molecule has 3 aromatic rings. The molecule has 0 saturated heterocycles. The summed E-state index contributed by atoms with van der Waals surface area (Å²) in [6.07, 6.45) is 0.693. The fourth-order valence-electron chi connectivity index (χ4n) is 2.78. The molecule has 2 aromatic carbocycles. The van der Waals surface area contributed by atoms with Crippen molar-refractivity contribution in [2.75, 3.05) is 12.8 Å². The summed E-state index contributed by atoms with van der Waals surface area (Å²) in [6, 6.07) is 15.9. The van der Waals surface area contributed by atoms with Crippen LogP contribution < -0.4 is 15.2 Å². The molecule has 0 atom stereocenters. The van der Waals surface area contributed by atoms with Gasteiger partial charge in [0.05, 0.1) is 18.7 Å². The Balaban J connectivity index is 2.06. The summed E-state index contributed by atoms with van der Waals surface area (Å²) in [7, 11) is 1.67. The molecule has 4 heteroatoms. The highest BCUT2D eigenvalue weighted by atomic mass is 16.5. The average molecular weight is 322 g/mol. The summed E-state index contributed by atoms with van der Waals surface area (Å²) >= 11 is 0. The highest BCUT2D eigenvalue weighted by molar-refractivity contribution is 5.81. The van der Waals surface area contributed by atoms with Crippen LogP contribution >= 0.6 is 0 Å². The highest BCUT2D eigenvalue weighted by Crippen LogP contribution is 2.33. The first kappa shape index (κ1) is 16.1. The summed E-state index contributed by atoms with van der Waals surface area (Å²) in [5.74, 6) is 2.15. The highest BCUT2D eigenvalue weighted by Gasteiger charge is 2.15. The van der Waals surface area contributed by atoms with E-state index in [0.29, 0.717) is 12.2 Å². The molecule has 1 heterocycles. The molecule has 3 rings (SSSR count). The third kappa shape index (κ3) is 3.27. The van der Waals surface area contributed by atoms with Crippen molar-refractivity contribution >= 4 is 16.7 Å². The number of methoxy groups -OCH3 is 1. The topological polar surface area (TPSA) is 57.4 Å². The molecule has 0 saturated carbocycles. The van der Waals surface area contributed by atoms with Crippen molar-refractivity contribution in [3.05, 3.63) is 59.7 Å². The lowest BCUT2D eigenvalue weighted by Crippen LogP contribution is -2.09. The van der Waals surface area contributed by atoms with Gasteiger partial charge in [0, 0.05) is 17.4 Å². The molecular weight excluding hydrogens is 300 g/mol. The van der Waals surface area contributed by atoms with Crippen molar-refractivity contribution in [2.45, 2.75) is 26.4 Å². The first-order valence-corrected chi connectivity index (χ1v) is 8.05. The fourth-order valence-corrected chi connectivity index (χ4v) is 2.78. The minimum Gasteiger partial charge on any atom is -0.496 e. The zero-order chi connectivity index (χ0) is 17.1. The molecule has 0 amide bonds. The second kappa shape index (κ2) is 6.79. The van der Waals surface area contributed by atoms with Crippen LogP contribution in [0, 0.1) is 0 Å². The first-order chi connectivity index (χ1) is 11.6. The maximum absolute atomic E-state index is 6.18. The van der Waals surface area contributed by atoms with Gasteiger partial charge in [-0.05, 0) is 43.7 Å². The van der Waals surface area contributed by atoms with Gasteiger partial charge in [0.25, 0.3) is 0 Å². The van der Waals surface area contributed by atoms with E-state index in [2.05, 4.69) is 11.1 Å². The standard InChI is InChI=1S/C20H22N2O2/c1-13(2)24-19-10-6-9-18(23-3)16(19)12-15-11-14-7-4-5-8-17(14)22-20(15)21/h4-11,13H,12H2,1-3H3,(H2,21,22). The Kier molecular flexibility index (Phi) is 4.56. The number of hydrogen-bond donors (Lipinski definition) is 1. The lowest BCUT2D eigenvalue weighted by atomic mass is 10.0. The molecule has 124 valence electrons. The summed E-state index contributed by atoms with van der Waals surface area (Å²) < 4.78 is 11.5. The van der Waals surface area contributed by atoms with Gasteiger partial charge in [0.1, 0.15) is 17.3 Å². The minimum absolute atomic E-state index is 0.0860. The van der Waals surface area contributed by atoms with Crippen LogP contribution in [0.4, 0.5) is 5.82 Å². The number of nitrogens with zero attached hydrogens (tertiary/aromatic N) is 1. The molecule has 24 heavy (non-hydrogen) atoms. The van der Waals surface area contributed by atoms with E-state index in [1.165, 1.54) is 0 Å². The van der Waals surface area contributed by atoms with Gasteiger partial charge >= 0.3 is 0 Å². The second-order valence-corrected chi connectivity index (χ2v) is 6.01. The van der Waals surface area contributed by atoms with Crippen molar-refractivity contribution in [3.8, 4) is 11.5 Å². The van der Waals surface area contributed by atoms with E-state index in [4.69, 9.17) is 15.2 Å². The number of rotatable bonds is 5. The van der Waals surface area contributed by atoms with Crippen LogP contribution in [-0.2, 0) is 6.42 Å². The lowest BCUT2D eigenvalue weighted by molar-refractivity contribution is 0.238. The summed E-state index contributed by atoms with van der Waals surface area (Å²) in [5, 5.41) is 1.07. The van der Waals surface area contributed by atoms with E-state index < -0.39 is 0 Å². The Labute approximate surface area is 142 Å². The molecule has 0 aliphatic carbocycles. The van der Waals surface area contributed by atoms with Crippen LogP contribution in [0.5, 0.6) is 11.5 Å². The molecule has 0 spiro atoms. The molecule has 4 nitrogen and oxygen atoms in total. The Morgan fingerprint density at radius 3 is 2.54 bits per heavy atom. The van der Waals surface area contributed by atoms with Gasteiger partial charge < -0.3 is 15.2 Å². The number of benzene rings is 2. The Hall–Kier alpha value is -2.75. The molecule has 0 aliphatic rings.